The highest BCUT2D eigenvalue weighted by Gasteiger charge is 2.27. The largest absolute Gasteiger partial charge is 0.461 e. The van der Waals surface area contributed by atoms with Crippen LogP contribution in [-0.2, 0) is 4.74 Å². The molecule has 140 valence electrons. The second-order valence-corrected chi connectivity index (χ2v) is 7.27. The number of ether oxygens (including phenoxy) is 1. The van der Waals surface area contributed by atoms with Gasteiger partial charge in [0.1, 0.15) is 11.0 Å². The molecule has 1 saturated heterocycles. The number of hydrogen-bond acceptors (Lipinski definition) is 7. The number of nitrogens with one attached hydrogen (secondary N) is 1. The van der Waals surface area contributed by atoms with Crippen LogP contribution >= 0.6 is 11.3 Å². The summed E-state index contributed by atoms with van der Waals surface area (Å²) in [7, 11) is 0. The van der Waals surface area contributed by atoms with E-state index in [2.05, 4.69) is 20.4 Å². The van der Waals surface area contributed by atoms with Crippen LogP contribution in [0.1, 0.15) is 51.5 Å². The molecule has 0 spiro atoms. The number of thiazole rings is 1. The molecule has 1 aromatic carbocycles. The van der Waals surface area contributed by atoms with Crippen LogP contribution in [0.5, 0.6) is 0 Å². The van der Waals surface area contributed by atoms with Gasteiger partial charge in [-0.05, 0) is 38.0 Å². The molecule has 1 N–H and O–H groups in total. The summed E-state index contributed by atoms with van der Waals surface area (Å²) in [5.74, 6) is -0.110. The summed E-state index contributed by atoms with van der Waals surface area (Å²) in [6.07, 6.45) is 1.65. The van der Waals surface area contributed by atoms with Gasteiger partial charge in [-0.2, -0.15) is 15.4 Å². The first-order valence-corrected chi connectivity index (χ1v) is 9.76. The van der Waals surface area contributed by atoms with Crippen molar-refractivity contribution in [1.82, 2.24) is 25.3 Å². The van der Waals surface area contributed by atoms with E-state index in [0.29, 0.717) is 36.5 Å². The second-order valence-electron chi connectivity index (χ2n) is 6.39. The van der Waals surface area contributed by atoms with Crippen LogP contribution in [0.3, 0.4) is 0 Å². The Labute approximate surface area is 159 Å². The fourth-order valence-corrected chi connectivity index (χ4v) is 4.22. The Morgan fingerprint density at radius 2 is 2.04 bits per heavy atom. The third-order valence-electron chi connectivity index (χ3n) is 4.70. The molecule has 0 atom stereocenters. The molecule has 1 fully saturated rings. The molecule has 3 heterocycles. The van der Waals surface area contributed by atoms with Gasteiger partial charge in [-0.1, -0.05) is 0 Å². The van der Waals surface area contributed by atoms with Crippen LogP contribution in [-0.4, -0.2) is 56.9 Å². The van der Waals surface area contributed by atoms with E-state index < -0.39 is 0 Å². The first kappa shape index (κ1) is 17.6. The van der Waals surface area contributed by atoms with Crippen molar-refractivity contribution in [2.24, 2.45) is 0 Å². The molecule has 1 aliphatic heterocycles. The van der Waals surface area contributed by atoms with Gasteiger partial charge in [0.05, 0.1) is 11.6 Å². The first-order valence-electron chi connectivity index (χ1n) is 8.88. The molecular formula is C18H19N5O3S. The normalized spacial score (nSPS) is 15.2. The van der Waals surface area contributed by atoms with E-state index in [-0.39, 0.29) is 17.8 Å². The molecule has 4 rings (SSSR count). The molecule has 1 amide bonds. The predicted molar refractivity (Wildman–Crippen MR) is 99.8 cm³/mol. The van der Waals surface area contributed by atoms with Gasteiger partial charge >= 0.3 is 5.97 Å². The summed E-state index contributed by atoms with van der Waals surface area (Å²) in [6.45, 7) is 3.44. The highest BCUT2D eigenvalue weighted by molar-refractivity contribution is 7.09. The summed E-state index contributed by atoms with van der Waals surface area (Å²) < 4.78 is 4.99. The number of H-pyrrole nitrogens is 1. The minimum atomic E-state index is -0.379. The predicted octanol–water partition coefficient (Wildman–Crippen LogP) is 2.61. The zero-order valence-corrected chi connectivity index (χ0v) is 15.7. The smallest absolute Gasteiger partial charge is 0.357 e. The number of esters is 1. The van der Waals surface area contributed by atoms with E-state index in [1.807, 2.05) is 4.90 Å². The highest BCUT2D eigenvalue weighted by atomic mass is 32.1. The Kier molecular flexibility index (Phi) is 4.85. The SMILES string of the molecule is CCOC(=O)c1csc(C2CCN(C(=O)c3ccc4n[nH]nc4c3)CC2)n1. The van der Waals surface area contributed by atoms with Gasteiger partial charge in [0.15, 0.2) is 5.69 Å². The zero-order valence-electron chi connectivity index (χ0n) is 14.8. The number of aromatic nitrogens is 4. The Balaban J connectivity index is 1.39. The molecule has 0 aliphatic carbocycles. The standard InChI is InChI=1S/C18H19N5O3S/c1-2-26-18(25)15-10-27-16(19-15)11-5-7-23(8-6-11)17(24)12-3-4-13-14(9-12)21-22-20-13/h3-4,9-11H,2,5-8H2,1H3,(H,20,21,22). The van der Waals surface area contributed by atoms with Gasteiger partial charge < -0.3 is 9.64 Å². The molecule has 2 aromatic heterocycles. The molecule has 0 unspecified atom stereocenters. The lowest BCUT2D eigenvalue weighted by Crippen LogP contribution is -2.37. The van der Waals surface area contributed by atoms with E-state index in [1.165, 1.54) is 11.3 Å². The maximum absolute atomic E-state index is 12.8. The Morgan fingerprint density at radius 1 is 1.26 bits per heavy atom. The van der Waals surface area contributed by atoms with Crippen LogP contribution in [0, 0.1) is 0 Å². The van der Waals surface area contributed by atoms with Gasteiger partial charge in [-0.3, -0.25) is 4.79 Å². The number of amides is 1. The number of hydrogen-bond donors (Lipinski definition) is 1. The van der Waals surface area contributed by atoms with Gasteiger partial charge in [0.2, 0.25) is 0 Å². The summed E-state index contributed by atoms with van der Waals surface area (Å²) >= 11 is 1.48. The number of benzene rings is 1. The van der Waals surface area contributed by atoms with Crippen LogP contribution < -0.4 is 0 Å². The Bertz CT molecular complexity index is 974. The fraction of sp³-hybridized carbons (Fsp3) is 0.389. The van der Waals surface area contributed by atoms with Gasteiger partial charge in [0, 0.05) is 30.0 Å². The Morgan fingerprint density at radius 3 is 2.81 bits per heavy atom. The number of piperidine rings is 1. The van der Waals surface area contributed by atoms with Crippen LogP contribution in [0.25, 0.3) is 11.0 Å². The maximum atomic E-state index is 12.8. The Hall–Kier alpha value is -2.81. The average Bonchev–Trinajstić information content (AvgIpc) is 3.36. The summed E-state index contributed by atoms with van der Waals surface area (Å²) in [4.78, 5) is 30.8. The number of aromatic amines is 1. The van der Waals surface area contributed by atoms with E-state index in [9.17, 15) is 9.59 Å². The van der Waals surface area contributed by atoms with E-state index in [4.69, 9.17) is 4.74 Å². The number of likely N-dealkylation sites (tertiary alicyclic amines) is 1. The average molecular weight is 385 g/mol. The number of fused-ring (bicyclic) bond motifs is 1. The van der Waals surface area contributed by atoms with Crippen molar-refractivity contribution in [1.29, 1.82) is 0 Å². The molecule has 0 bridgehead atoms. The van der Waals surface area contributed by atoms with Crippen molar-refractivity contribution in [2.45, 2.75) is 25.7 Å². The first-order chi connectivity index (χ1) is 13.2. The molecule has 9 heteroatoms. The molecule has 3 aromatic rings. The topological polar surface area (TPSA) is 101 Å². The zero-order chi connectivity index (χ0) is 18.8. The lowest BCUT2D eigenvalue weighted by molar-refractivity contribution is 0.0520. The minimum Gasteiger partial charge on any atom is -0.461 e. The summed E-state index contributed by atoms with van der Waals surface area (Å²) in [5, 5.41) is 13.3. The number of carbonyl (C=O) groups is 2. The van der Waals surface area contributed by atoms with Gasteiger partial charge in [-0.25, -0.2) is 9.78 Å². The third kappa shape index (κ3) is 3.55. The third-order valence-corrected chi connectivity index (χ3v) is 5.71. The second kappa shape index (κ2) is 7.43. The van der Waals surface area contributed by atoms with Gasteiger partial charge in [0.25, 0.3) is 5.91 Å². The monoisotopic (exact) mass is 385 g/mol. The van der Waals surface area contributed by atoms with Crippen molar-refractivity contribution in [2.75, 3.05) is 19.7 Å². The minimum absolute atomic E-state index is 0.00435. The number of rotatable bonds is 4. The van der Waals surface area contributed by atoms with Crippen molar-refractivity contribution in [3.8, 4) is 0 Å². The summed E-state index contributed by atoms with van der Waals surface area (Å²) in [6, 6.07) is 5.34. The maximum Gasteiger partial charge on any atom is 0.357 e. The lowest BCUT2D eigenvalue weighted by atomic mass is 9.97. The number of nitrogens with zero attached hydrogens (tertiary/aromatic N) is 4. The molecule has 0 radical (unpaired) electrons. The van der Waals surface area contributed by atoms with E-state index in [0.717, 1.165) is 23.4 Å². The molecule has 8 nitrogen and oxygen atoms in total. The molecular weight excluding hydrogens is 366 g/mol. The van der Waals surface area contributed by atoms with Crippen molar-refractivity contribution < 1.29 is 14.3 Å². The highest BCUT2D eigenvalue weighted by Crippen LogP contribution is 2.31. The lowest BCUT2D eigenvalue weighted by Gasteiger charge is -2.31. The van der Waals surface area contributed by atoms with Crippen LogP contribution in [0.4, 0.5) is 0 Å². The van der Waals surface area contributed by atoms with E-state index in [1.54, 1.807) is 30.5 Å². The number of carbonyl (C=O) groups excluding carboxylic acids is 2. The quantitative estimate of drug-likeness (QED) is 0.693. The fourth-order valence-electron chi connectivity index (χ4n) is 3.26. The summed E-state index contributed by atoms with van der Waals surface area (Å²) in [5.41, 5.74) is 2.42. The van der Waals surface area contributed by atoms with E-state index >= 15 is 0 Å². The van der Waals surface area contributed by atoms with Crippen molar-refractivity contribution >= 4 is 34.2 Å². The van der Waals surface area contributed by atoms with Crippen molar-refractivity contribution in [3.05, 3.63) is 39.8 Å². The van der Waals surface area contributed by atoms with Crippen LogP contribution in [0.2, 0.25) is 0 Å². The molecule has 1 aliphatic rings. The molecule has 27 heavy (non-hydrogen) atoms. The van der Waals surface area contributed by atoms with Crippen molar-refractivity contribution in [3.63, 3.8) is 0 Å². The molecule has 0 saturated carbocycles. The van der Waals surface area contributed by atoms with Gasteiger partial charge in [-0.15, -0.1) is 11.3 Å². The van der Waals surface area contributed by atoms with Crippen LogP contribution in [0.15, 0.2) is 23.6 Å².